The van der Waals surface area contributed by atoms with Gasteiger partial charge in [0.15, 0.2) is 21.4 Å². The van der Waals surface area contributed by atoms with Crippen LogP contribution in [0.2, 0.25) is 0 Å². The Labute approximate surface area is 151 Å². The first-order chi connectivity index (χ1) is 12.6. The second kappa shape index (κ2) is 6.84. The van der Waals surface area contributed by atoms with Crippen molar-refractivity contribution in [2.24, 2.45) is 0 Å². The van der Waals surface area contributed by atoms with Gasteiger partial charge < -0.3 is 9.72 Å². The lowest BCUT2D eigenvalue weighted by Crippen LogP contribution is -2.18. The number of hydrogen-bond acceptors (Lipinski definition) is 4. The van der Waals surface area contributed by atoms with Gasteiger partial charge in [0, 0.05) is 6.42 Å². The zero-order chi connectivity index (χ0) is 19.8. The molecule has 0 aliphatic carbocycles. The van der Waals surface area contributed by atoms with Crippen LogP contribution in [-0.4, -0.2) is 30.5 Å². The van der Waals surface area contributed by atoms with Gasteiger partial charge in [-0.05, 0) is 35.9 Å². The Morgan fingerprint density at radius 2 is 1.89 bits per heavy atom. The van der Waals surface area contributed by atoms with Crippen molar-refractivity contribution < 1.29 is 30.7 Å². The van der Waals surface area contributed by atoms with E-state index in [0.717, 1.165) is 12.1 Å². The highest BCUT2D eigenvalue weighted by atomic mass is 32.2. The minimum atomic E-state index is -5.00. The second-order valence-electron chi connectivity index (χ2n) is 5.76. The molecule has 0 bridgehead atoms. The maximum Gasteiger partial charge on any atom is 0.573 e. The fraction of sp³-hybridized carbons (Fsp3) is 0.235. The van der Waals surface area contributed by atoms with E-state index >= 15 is 0 Å². The molecule has 5 nitrogen and oxygen atoms in total. The molecule has 0 saturated carbocycles. The first-order valence-electron chi connectivity index (χ1n) is 7.83. The maximum atomic E-state index is 13.5. The average Bonchev–Trinajstić information content (AvgIpc) is 2.98. The summed E-state index contributed by atoms with van der Waals surface area (Å²) in [4.78, 5) is 7.36. The lowest BCUT2D eigenvalue weighted by atomic mass is 10.1. The predicted molar refractivity (Wildman–Crippen MR) is 89.7 cm³/mol. The van der Waals surface area contributed by atoms with Gasteiger partial charge in [-0.1, -0.05) is 13.0 Å². The summed E-state index contributed by atoms with van der Waals surface area (Å²) >= 11 is 0. The van der Waals surface area contributed by atoms with Gasteiger partial charge in [-0.15, -0.1) is 13.2 Å². The minimum Gasteiger partial charge on any atom is -0.403 e. The molecule has 2 aromatic carbocycles. The molecule has 3 rings (SSSR count). The summed E-state index contributed by atoms with van der Waals surface area (Å²) < 4.78 is 78.0. The Hall–Kier alpha value is -2.62. The lowest BCUT2D eigenvalue weighted by molar-refractivity contribution is -0.275. The average molecular weight is 402 g/mol. The van der Waals surface area contributed by atoms with Crippen molar-refractivity contribution in [3.05, 3.63) is 53.6 Å². The number of rotatable bonds is 5. The first kappa shape index (κ1) is 19.2. The number of sulfone groups is 1. The normalized spacial score (nSPS) is 12.5. The van der Waals surface area contributed by atoms with E-state index in [0.29, 0.717) is 22.4 Å². The summed E-state index contributed by atoms with van der Waals surface area (Å²) in [5.74, 6) is -1.71. The quantitative estimate of drug-likeness (QED) is 0.655. The Kier molecular flexibility index (Phi) is 4.85. The molecule has 144 valence electrons. The molecule has 1 heterocycles. The van der Waals surface area contributed by atoms with Crippen LogP contribution < -0.4 is 4.74 Å². The van der Waals surface area contributed by atoms with Gasteiger partial charge in [0.25, 0.3) is 0 Å². The summed E-state index contributed by atoms with van der Waals surface area (Å²) in [5, 5.41) is 0. The van der Waals surface area contributed by atoms with Crippen LogP contribution in [0.3, 0.4) is 0 Å². The topological polar surface area (TPSA) is 72.1 Å². The monoisotopic (exact) mass is 402 g/mol. The van der Waals surface area contributed by atoms with E-state index in [2.05, 4.69) is 14.7 Å². The van der Waals surface area contributed by atoms with Crippen LogP contribution in [-0.2, 0) is 16.3 Å². The number of alkyl halides is 3. The SMILES string of the molecule is CCS(=O)(=O)c1ccc2nc(Cc3ccc(F)c(OC(F)(F)F)c3)[nH]c2c1. The largest absolute Gasteiger partial charge is 0.573 e. The Bertz CT molecular complexity index is 1090. The first-order valence-corrected chi connectivity index (χ1v) is 9.48. The molecule has 3 aromatic rings. The lowest BCUT2D eigenvalue weighted by Gasteiger charge is -2.10. The van der Waals surface area contributed by atoms with E-state index in [9.17, 15) is 26.0 Å². The van der Waals surface area contributed by atoms with Gasteiger partial charge in [0.1, 0.15) is 5.82 Å². The van der Waals surface area contributed by atoms with Crippen LogP contribution in [0, 0.1) is 5.82 Å². The molecule has 1 aromatic heterocycles. The third-order valence-electron chi connectivity index (χ3n) is 3.83. The van der Waals surface area contributed by atoms with Crippen LogP contribution in [0.1, 0.15) is 18.3 Å². The van der Waals surface area contributed by atoms with E-state index in [4.69, 9.17) is 0 Å². The van der Waals surface area contributed by atoms with Gasteiger partial charge in [0.2, 0.25) is 0 Å². The molecule has 0 amide bonds. The predicted octanol–water partition coefficient (Wildman–Crippen LogP) is 3.99. The van der Waals surface area contributed by atoms with Crippen LogP contribution in [0.5, 0.6) is 5.75 Å². The fourth-order valence-electron chi connectivity index (χ4n) is 2.54. The number of nitrogens with zero attached hydrogens (tertiary/aromatic N) is 1. The summed E-state index contributed by atoms with van der Waals surface area (Å²) in [6, 6.07) is 7.58. The van der Waals surface area contributed by atoms with Crippen LogP contribution in [0.25, 0.3) is 11.0 Å². The Morgan fingerprint density at radius 1 is 1.15 bits per heavy atom. The standard InChI is InChI=1S/C17H14F4N2O3S/c1-2-27(24,25)11-4-6-13-14(9-11)23-16(22-13)8-10-3-5-12(18)15(7-10)26-17(19,20)21/h3-7,9H,2,8H2,1H3,(H,22,23). The van der Waals surface area contributed by atoms with Crippen molar-refractivity contribution >= 4 is 20.9 Å². The number of hydrogen-bond donors (Lipinski definition) is 1. The molecule has 0 aliphatic rings. The van der Waals surface area contributed by atoms with Crippen molar-refractivity contribution in [3.8, 4) is 5.75 Å². The van der Waals surface area contributed by atoms with Gasteiger partial charge in [0.05, 0.1) is 21.7 Å². The van der Waals surface area contributed by atoms with E-state index in [-0.39, 0.29) is 17.1 Å². The molecular formula is C17H14F4N2O3S. The fourth-order valence-corrected chi connectivity index (χ4v) is 3.45. The van der Waals surface area contributed by atoms with Crippen molar-refractivity contribution in [1.29, 1.82) is 0 Å². The number of nitrogens with one attached hydrogen (secondary N) is 1. The van der Waals surface area contributed by atoms with Gasteiger partial charge in [-0.3, -0.25) is 0 Å². The summed E-state index contributed by atoms with van der Waals surface area (Å²) in [6.07, 6.45) is -4.92. The molecule has 27 heavy (non-hydrogen) atoms. The highest BCUT2D eigenvalue weighted by Crippen LogP contribution is 2.27. The number of imidazole rings is 1. The number of benzene rings is 2. The van der Waals surface area contributed by atoms with Crippen molar-refractivity contribution in [2.75, 3.05) is 5.75 Å². The maximum absolute atomic E-state index is 13.5. The van der Waals surface area contributed by atoms with E-state index in [1.807, 2.05) is 0 Å². The molecule has 0 spiro atoms. The molecular weight excluding hydrogens is 388 g/mol. The van der Waals surface area contributed by atoms with Crippen molar-refractivity contribution in [3.63, 3.8) is 0 Å². The van der Waals surface area contributed by atoms with Gasteiger partial charge >= 0.3 is 6.36 Å². The smallest absolute Gasteiger partial charge is 0.403 e. The molecule has 0 saturated heterocycles. The number of ether oxygens (including phenoxy) is 1. The molecule has 0 radical (unpaired) electrons. The molecule has 0 fully saturated rings. The zero-order valence-corrected chi connectivity index (χ0v) is 14.8. The van der Waals surface area contributed by atoms with E-state index in [1.165, 1.54) is 25.1 Å². The number of aromatic nitrogens is 2. The zero-order valence-electron chi connectivity index (χ0n) is 14.0. The van der Waals surface area contributed by atoms with Crippen LogP contribution in [0.4, 0.5) is 17.6 Å². The van der Waals surface area contributed by atoms with Crippen LogP contribution in [0.15, 0.2) is 41.3 Å². The molecule has 0 aliphatic heterocycles. The van der Waals surface area contributed by atoms with E-state index in [1.54, 1.807) is 6.07 Å². The summed E-state index contributed by atoms with van der Waals surface area (Å²) in [6.45, 7) is 1.53. The van der Waals surface area contributed by atoms with Gasteiger partial charge in [-0.2, -0.15) is 0 Å². The summed E-state index contributed by atoms with van der Waals surface area (Å²) in [5.41, 5.74) is 1.33. The number of fused-ring (bicyclic) bond motifs is 1. The minimum absolute atomic E-state index is 0.0446. The van der Waals surface area contributed by atoms with Crippen molar-refractivity contribution in [1.82, 2.24) is 9.97 Å². The molecule has 10 heteroatoms. The number of halogens is 4. The van der Waals surface area contributed by atoms with Crippen molar-refractivity contribution in [2.45, 2.75) is 24.6 Å². The number of H-pyrrole nitrogens is 1. The molecule has 1 N–H and O–H groups in total. The van der Waals surface area contributed by atoms with E-state index < -0.39 is 27.8 Å². The third kappa shape index (κ3) is 4.38. The molecule has 0 unspecified atom stereocenters. The number of aromatic amines is 1. The second-order valence-corrected chi connectivity index (χ2v) is 8.03. The summed E-state index contributed by atoms with van der Waals surface area (Å²) in [7, 11) is -3.38. The molecule has 0 atom stereocenters. The van der Waals surface area contributed by atoms with Crippen LogP contribution >= 0.6 is 0 Å². The van der Waals surface area contributed by atoms with Gasteiger partial charge in [-0.25, -0.2) is 17.8 Å². The highest BCUT2D eigenvalue weighted by molar-refractivity contribution is 7.91. The highest BCUT2D eigenvalue weighted by Gasteiger charge is 2.32. The third-order valence-corrected chi connectivity index (χ3v) is 5.57. The Morgan fingerprint density at radius 3 is 2.56 bits per heavy atom. The Balaban J connectivity index is 1.90.